The maximum absolute atomic E-state index is 4.05. The molecule has 4 heteroatoms. The van der Waals surface area contributed by atoms with Crippen LogP contribution in [0.15, 0.2) is 30.6 Å². The largest absolute Gasteiger partial charge is 0.317 e. The fourth-order valence-corrected chi connectivity index (χ4v) is 3.24. The van der Waals surface area contributed by atoms with E-state index in [0.29, 0.717) is 5.92 Å². The minimum atomic E-state index is 0.681. The zero-order chi connectivity index (χ0) is 14.7. The molecule has 1 saturated heterocycles. The van der Waals surface area contributed by atoms with Gasteiger partial charge in [-0.2, -0.15) is 0 Å². The van der Waals surface area contributed by atoms with Crippen LogP contribution in [0.1, 0.15) is 35.7 Å². The first-order chi connectivity index (χ1) is 10.2. The highest BCUT2D eigenvalue weighted by Gasteiger charge is 2.21. The van der Waals surface area contributed by atoms with Crippen LogP contribution >= 0.6 is 0 Å². The van der Waals surface area contributed by atoms with Gasteiger partial charge in [-0.05, 0) is 44.7 Å². The van der Waals surface area contributed by atoms with Crippen molar-refractivity contribution in [1.29, 1.82) is 0 Å². The standard InChI is InChI=1S/C17H24N4/c1-14-5-3-6-16(11-14)17-7-4-8-20(12-17)9-10-21-13-18-19-15(21)2/h3,5-6,11,13,17H,4,7-10,12H2,1-2H3. The van der Waals surface area contributed by atoms with Crippen molar-refractivity contribution < 1.29 is 0 Å². The van der Waals surface area contributed by atoms with Crippen LogP contribution in [-0.2, 0) is 6.54 Å². The van der Waals surface area contributed by atoms with Crippen LogP contribution in [-0.4, -0.2) is 39.3 Å². The van der Waals surface area contributed by atoms with E-state index >= 15 is 0 Å². The molecule has 0 amide bonds. The molecular formula is C17H24N4. The average Bonchev–Trinajstić information content (AvgIpc) is 2.91. The first-order valence-corrected chi connectivity index (χ1v) is 7.86. The highest BCUT2D eigenvalue weighted by atomic mass is 15.3. The van der Waals surface area contributed by atoms with Gasteiger partial charge >= 0.3 is 0 Å². The van der Waals surface area contributed by atoms with Gasteiger partial charge in [-0.3, -0.25) is 0 Å². The van der Waals surface area contributed by atoms with Gasteiger partial charge in [0.15, 0.2) is 0 Å². The molecule has 0 N–H and O–H groups in total. The van der Waals surface area contributed by atoms with Crippen LogP contribution in [0.4, 0.5) is 0 Å². The third kappa shape index (κ3) is 3.50. The molecule has 3 rings (SSSR count). The van der Waals surface area contributed by atoms with E-state index in [1.165, 1.54) is 37.1 Å². The predicted octanol–water partition coefficient (Wildman–Crippen LogP) is 2.77. The van der Waals surface area contributed by atoms with Crippen molar-refractivity contribution in [2.24, 2.45) is 0 Å². The summed E-state index contributed by atoms with van der Waals surface area (Å²) >= 11 is 0. The summed E-state index contributed by atoms with van der Waals surface area (Å²) in [6.45, 7) is 8.65. The van der Waals surface area contributed by atoms with Crippen LogP contribution < -0.4 is 0 Å². The molecule has 1 atom stereocenters. The third-order valence-corrected chi connectivity index (χ3v) is 4.49. The molecule has 2 heterocycles. The van der Waals surface area contributed by atoms with E-state index in [1.807, 2.05) is 13.3 Å². The summed E-state index contributed by atoms with van der Waals surface area (Å²) in [5.74, 6) is 1.68. The number of likely N-dealkylation sites (tertiary alicyclic amines) is 1. The molecule has 1 aliphatic heterocycles. The summed E-state index contributed by atoms with van der Waals surface area (Å²) in [5.41, 5.74) is 2.87. The lowest BCUT2D eigenvalue weighted by atomic mass is 9.90. The molecule has 0 aliphatic carbocycles. The first-order valence-electron chi connectivity index (χ1n) is 7.86. The highest BCUT2D eigenvalue weighted by molar-refractivity contribution is 5.26. The molecule has 0 spiro atoms. The number of aryl methyl sites for hydroxylation is 2. The Labute approximate surface area is 126 Å². The summed E-state index contributed by atoms with van der Waals surface area (Å²) in [6, 6.07) is 8.99. The third-order valence-electron chi connectivity index (χ3n) is 4.49. The Morgan fingerprint density at radius 3 is 2.90 bits per heavy atom. The Morgan fingerprint density at radius 2 is 2.14 bits per heavy atom. The molecule has 1 fully saturated rings. The van der Waals surface area contributed by atoms with Crippen molar-refractivity contribution in [3.63, 3.8) is 0 Å². The van der Waals surface area contributed by atoms with Crippen molar-refractivity contribution in [3.05, 3.63) is 47.5 Å². The van der Waals surface area contributed by atoms with Gasteiger partial charge in [0.05, 0.1) is 0 Å². The van der Waals surface area contributed by atoms with Crippen molar-refractivity contribution in [1.82, 2.24) is 19.7 Å². The number of hydrogen-bond acceptors (Lipinski definition) is 3. The predicted molar refractivity (Wildman–Crippen MR) is 84.4 cm³/mol. The highest BCUT2D eigenvalue weighted by Crippen LogP contribution is 2.27. The Hall–Kier alpha value is -1.68. The molecule has 4 nitrogen and oxygen atoms in total. The van der Waals surface area contributed by atoms with Gasteiger partial charge < -0.3 is 9.47 Å². The summed E-state index contributed by atoms with van der Waals surface area (Å²) in [4.78, 5) is 2.58. The zero-order valence-electron chi connectivity index (χ0n) is 13.0. The number of benzene rings is 1. The number of nitrogens with zero attached hydrogens (tertiary/aromatic N) is 4. The Bertz CT molecular complexity index is 590. The maximum Gasteiger partial charge on any atom is 0.129 e. The molecule has 1 aliphatic rings. The van der Waals surface area contributed by atoms with Gasteiger partial charge in [0.25, 0.3) is 0 Å². The lowest BCUT2D eigenvalue weighted by molar-refractivity contribution is 0.200. The monoisotopic (exact) mass is 284 g/mol. The Morgan fingerprint density at radius 1 is 1.24 bits per heavy atom. The van der Waals surface area contributed by atoms with Crippen molar-refractivity contribution in [3.8, 4) is 0 Å². The summed E-state index contributed by atoms with van der Waals surface area (Å²) in [6.07, 6.45) is 4.43. The normalized spacial score (nSPS) is 19.8. The minimum absolute atomic E-state index is 0.681. The van der Waals surface area contributed by atoms with E-state index in [1.54, 1.807) is 0 Å². The zero-order valence-corrected chi connectivity index (χ0v) is 13.0. The molecule has 0 radical (unpaired) electrons. The Balaban J connectivity index is 1.59. The van der Waals surface area contributed by atoms with Crippen LogP contribution in [0.25, 0.3) is 0 Å². The molecule has 2 aromatic rings. The van der Waals surface area contributed by atoms with Gasteiger partial charge in [-0.15, -0.1) is 10.2 Å². The van der Waals surface area contributed by atoms with Crippen molar-refractivity contribution in [2.75, 3.05) is 19.6 Å². The second kappa shape index (κ2) is 6.39. The second-order valence-corrected chi connectivity index (χ2v) is 6.13. The van der Waals surface area contributed by atoms with Crippen LogP contribution in [0.3, 0.4) is 0 Å². The number of aromatic nitrogens is 3. The van der Waals surface area contributed by atoms with Gasteiger partial charge in [0.2, 0.25) is 0 Å². The smallest absolute Gasteiger partial charge is 0.129 e. The van der Waals surface area contributed by atoms with Crippen LogP contribution in [0, 0.1) is 13.8 Å². The minimum Gasteiger partial charge on any atom is -0.317 e. The SMILES string of the molecule is Cc1cccc(C2CCCN(CCn3cnnc3C)C2)c1. The average molecular weight is 284 g/mol. The Kier molecular flexibility index (Phi) is 4.34. The van der Waals surface area contributed by atoms with E-state index in [-0.39, 0.29) is 0 Å². The number of piperidine rings is 1. The molecule has 1 unspecified atom stereocenters. The second-order valence-electron chi connectivity index (χ2n) is 6.13. The molecule has 112 valence electrons. The van der Waals surface area contributed by atoms with Crippen LogP contribution in [0.2, 0.25) is 0 Å². The molecule has 1 aromatic heterocycles. The first kappa shape index (κ1) is 14.3. The summed E-state index contributed by atoms with van der Waals surface area (Å²) in [7, 11) is 0. The quantitative estimate of drug-likeness (QED) is 0.865. The van der Waals surface area contributed by atoms with E-state index < -0.39 is 0 Å². The van der Waals surface area contributed by atoms with Crippen molar-refractivity contribution >= 4 is 0 Å². The van der Waals surface area contributed by atoms with E-state index in [2.05, 4.69) is 50.9 Å². The number of hydrogen-bond donors (Lipinski definition) is 0. The molecule has 0 bridgehead atoms. The fourth-order valence-electron chi connectivity index (χ4n) is 3.24. The van der Waals surface area contributed by atoms with Crippen molar-refractivity contribution in [2.45, 2.75) is 39.2 Å². The van der Waals surface area contributed by atoms with E-state index in [0.717, 1.165) is 18.9 Å². The van der Waals surface area contributed by atoms with Gasteiger partial charge in [0, 0.05) is 19.6 Å². The summed E-state index contributed by atoms with van der Waals surface area (Å²) < 4.78 is 2.14. The molecular weight excluding hydrogens is 260 g/mol. The van der Waals surface area contributed by atoms with E-state index in [9.17, 15) is 0 Å². The van der Waals surface area contributed by atoms with Gasteiger partial charge in [-0.1, -0.05) is 29.8 Å². The molecule has 1 aromatic carbocycles. The topological polar surface area (TPSA) is 34.0 Å². The van der Waals surface area contributed by atoms with Gasteiger partial charge in [0.1, 0.15) is 12.2 Å². The van der Waals surface area contributed by atoms with Gasteiger partial charge in [-0.25, -0.2) is 0 Å². The molecule has 0 saturated carbocycles. The lowest BCUT2D eigenvalue weighted by Crippen LogP contribution is -2.36. The summed E-state index contributed by atoms with van der Waals surface area (Å²) in [5, 5.41) is 8.00. The maximum atomic E-state index is 4.05. The number of rotatable bonds is 4. The molecule has 21 heavy (non-hydrogen) atoms. The van der Waals surface area contributed by atoms with E-state index in [4.69, 9.17) is 0 Å². The lowest BCUT2D eigenvalue weighted by Gasteiger charge is -2.33. The van der Waals surface area contributed by atoms with Crippen LogP contribution in [0.5, 0.6) is 0 Å². The fraction of sp³-hybridized carbons (Fsp3) is 0.529.